The molecule has 6 N–H and O–H groups in total. The van der Waals surface area contributed by atoms with E-state index in [1.807, 2.05) is 0 Å². The zero-order chi connectivity index (χ0) is 22.3. The molecule has 26 heteroatoms. The minimum atomic E-state index is -6.15. The zero-order valence-electron chi connectivity index (χ0n) is 16.8. The predicted octanol–water partition coefficient (Wildman–Crippen LogP) is -17.9. The standard InChI is InChI=1S/C6H16O18P4.4K/c7-1-3(21-25(9,10)11)2(8)5(23-27(15,16)17)6(24-28(18,19)20)4(1)22-26(12,13)14;;;;/h1-8H,(H2,9,10,11)(H2,12,13,14)(H2,15,16,17)(H2,18,19,20);;;;/q;4*+1/p-4/t1-,2-,3-,4+,5-,6-;;;;/m1..../s1. The van der Waals surface area contributed by atoms with Crippen molar-refractivity contribution in [3.63, 3.8) is 0 Å². The Balaban J connectivity index is -0.000000980. The first-order valence-electron chi connectivity index (χ1n) is 6.45. The monoisotopic (exact) mass is 652 g/mol. The molecule has 18 nitrogen and oxygen atoms in total. The molecule has 0 spiro atoms. The summed E-state index contributed by atoms with van der Waals surface area (Å²) in [5.41, 5.74) is 0. The fourth-order valence-corrected chi connectivity index (χ4v) is 4.47. The van der Waals surface area contributed by atoms with E-state index in [9.17, 15) is 48.0 Å². The van der Waals surface area contributed by atoms with E-state index in [1.165, 1.54) is 0 Å². The van der Waals surface area contributed by atoms with Crippen molar-refractivity contribution in [3.8, 4) is 0 Å². The second-order valence-electron chi connectivity index (χ2n) is 5.14. The normalized spacial score (nSPS) is 28.9. The van der Waals surface area contributed by atoms with E-state index in [-0.39, 0.29) is 206 Å². The first-order chi connectivity index (χ1) is 12.2. The molecule has 0 aromatic heterocycles. The molecule has 0 unspecified atom stereocenters. The van der Waals surface area contributed by atoms with E-state index in [0.717, 1.165) is 0 Å². The number of rotatable bonds is 8. The van der Waals surface area contributed by atoms with Crippen LogP contribution in [-0.2, 0) is 36.4 Å². The van der Waals surface area contributed by atoms with E-state index in [2.05, 4.69) is 18.1 Å². The number of phosphoric ester groups is 4. The van der Waals surface area contributed by atoms with Gasteiger partial charge < -0.3 is 67.5 Å². The third-order valence-corrected chi connectivity index (χ3v) is 5.05. The summed E-state index contributed by atoms with van der Waals surface area (Å²) in [4.78, 5) is 78.5. The summed E-state index contributed by atoms with van der Waals surface area (Å²) in [6, 6.07) is 0. The molecule has 0 amide bonds. The third-order valence-electron chi connectivity index (χ3n) is 3.01. The molecule has 32 heavy (non-hydrogen) atoms. The van der Waals surface area contributed by atoms with Crippen molar-refractivity contribution in [2.45, 2.75) is 36.6 Å². The molecule has 1 aliphatic rings. The number of aliphatic hydroxyl groups excluding tert-OH is 2. The Kier molecular flexibility index (Phi) is 26.4. The summed E-state index contributed by atoms with van der Waals surface area (Å²) in [7, 11) is -23.6. The summed E-state index contributed by atoms with van der Waals surface area (Å²) in [5, 5.41) is 19.9. The fourth-order valence-electron chi connectivity index (χ4n) is 2.26. The molecule has 1 saturated carbocycles. The van der Waals surface area contributed by atoms with Crippen LogP contribution in [0.15, 0.2) is 0 Å². The fraction of sp³-hybridized carbons (Fsp3) is 1.00. The van der Waals surface area contributed by atoms with Crippen LogP contribution in [0.1, 0.15) is 0 Å². The van der Waals surface area contributed by atoms with Crippen molar-refractivity contribution < 1.29 is 291 Å². The van der Waals surface area contributed by atoms with Crippen LogP contribution < -0.4 is 225 Å². The van der Waals surface area contributed by atoms with Crippen molar-refractivity contribution in [2.75, 3.05) is 0 Å². The van der Waals surface area contributed by atoms with Crippen LogP contribution in [0.25, 0.3) is 0 Å². The molecule has 0 aliphatic heterocycles. The quantitative estimate of drug-likeness (QED) is 0.105. The number of hydrogen-bond acceptors (Lipinski definition) is 14. The van der Waals surface area contributed by atoms with Crippen molar-refractivity contribution in [1.29, 1.82) is 0 Å². The second kappa shape index (κ2) is 18.4. The molecule has 0 aromatic carbocycles. The average molecular weight is 652 g/mol. The molecular weight excluding hydrogens is 640 g/mol. The van der Waals surface area contributed by atoms with Gasteiger partial charge >= 0.3 is 221 Å². The van der Waals surface area contributed by atoms with E-state index in [0.29, 0.717) is 0 Å². The van der Waals surface area contributed by atoms with Crippen LogP contribution in [0.4, 0.5) is 0 Å². The maximum absolute atomic E-state index is 11.0. The van der Waals surface area contributed by atoms with Crippen molar-refractivity contribution in [1.82, 2.24) is 0 Å². The maximum atomic E-state index is 11.0. The van der Waals surface area contributed by atoms with E-state index < -0.39 is 67.9 Å². The number of hydrogen-bond donors (Lipinski definition) is 6. The Morgan fingerprint density at radius 1 is 0.500 bits per heavy atom. The molecule has 0 aromatic rings. The first-order valence-corrected chi connectivity index (χ1v) is 12.4. The van der Waals surface area contributed by atoms with E-state index in [4.69, 9.17) is 19.6 Å². The van der Waals surface area contributed by atoms with Crippen LogP contribution in [-0.4, -0.2) is 66.4 Å². The summed E-state index contributed by atoms with van der Waals surface area (Å²) in [6.45, 7) is 0. The minimum absolute atomic E-state index is 0. The van der Waals surface area contributed by atoms with Gasteiger partial charge in [-0.3, -0.25) is 9.05 Å². The molecule has 1 aliphatic carbocycles. The van der Waals surface area contributed by atoms with Crippen LogP contribution >= 0.6 is 31.3 Å². The summed E-state index contributed by atoms with van der Waals surface area (Å²) in [6.07, 6.45) is -16.7. The van der Waals surface area contributed by atoms with Gasteiger partial charge in [0.1, 0.15) is 36.6 Å². The molecule has 0 heterocycles. The smallest absolute Gasteiger partial charge is 0.790 e. The predicted molar refractivity (Wildman–Crippen MR) is 70.8 cm³/mol. The molecule has 6 atom stereocenters. The first kappa shape index (κ1) is 45.9. The Hall–Kier alpha value is 6.91. The van der Waals surface area contributed by atoms with Crippen molar-refractivity contribution in [2.24, 2.45) is 0 Å². The van der Waals surface area contributed by atoms with Gasteiger partial charge in [0.2, 0.25) is 0 Å². The van der Waals surface area contributed by atoms with Crippen molar-refractivity contribution >= 4 is 31.3 Å². The zero-order valence-corrected chi connectivity index (χ0v) is 32.9. The second-order valence-corrected chi connectivity index (χ2v) is 9.73. The molecule has 1 rings (SSSR count). The van der Waals surface area contributed by atoms with Gasteiger partial charge in [-0.25, -0.2) is 9.13 Å². The summed E-state index contributed by atoms with van der Waals surface area (Å²) in [5.74, 6) is 0. The van der Waals surface area contributed by atoms with Crippen LogP contribution in [0.5, 0.6) is 0 Å². The van der Waals surface area contributed by atoms with Crippen LogP contribution in [0.2, 0.25) is 0 Å². The topological polar surface area (TPSA) is 319 Å². The van der Waals surface area contributed by atoms with Crippen LogP contribution in [0.3, 0.4) is 0 Å². The molecule has 0 saturated heterocycles. The van der Waals surface area contributed by atoms with Gasteiger partial charge in [0, 0.05) is 0 Å². The van der Waals surface area contributed by atoms with E-state index in [1.54, 1.807) is 0 Å². The maximum Gasteiger partial charge on any atom is 1.00 e. The number of aliphatic hydroxyl groups is 2. The SMILES string of the molecule is O=P([O-])([O-])O[C@H]1[C@@H](O)[C@@H](OP(=O)([O-])[O-])[C@H](OP(=O)(O)O)[C@@H](OP(=O)(O)O)[C@@H]1O.[K+].[K+].[K+].[K+]. The largest absolute Gasteiger partial charge is 1.00 e. The Bertz CT molecular complexity index is 706. The van der Waals surface area contributed by atoms with Gasteiger partial charge in [0.05, 0.1) is 15.6 Å². The average Bonchev–Trinajstić information content (AvgIpc) is 2.39. The van der Waals surface area contributed by atoms with Crippen molar-refractivity contribution in [3.05, 3.63) is 0 Å². The Labute approximate surface area is 350 Å². The molecule has 168 valence electrons. The Morgan fingerprint density at radius 3 is 1.03 bits per heavy atom. The van der Waals surface area contributed by atoms with Gasteiger partial charge in [-0.15, -0.1) is 0 Å². The Morgan fingerprint density at radius 2 is 0.750 bits per heavy atom. The molecule has 0 radical (unpaired) electrons. The molecule has 0 bridgehead atoms. The van der Waals surface area contributed by atoms with Crippen LogP contribution in [0, 0.1) is 0 Å². The third kappa shape index (κ3) is 18.4. The van der Waals surface area contributed by atoms with Gasteiger partial charge in [0.15, 0.2) is 0 Å². The van der Waals surface area contributed by atoms with Gasteiger partial charge in [0.25, 0.3) is 0 Å². The number of phosphoric acid groups is 4. The minimum Gasteiger partial charge on any atom is -0.790 e. The summed E-state index contributed by atoms with van der Waals surface area (Å²) >= 11 is 0. The molecular formula is C6H12K4O18P4. The van der Waals surface area contributed by atoms with E-state index >= 15 is 0 Å². The summed E-state index contributed by atoms with van der Waals surface area (Å²) < 4.78 is 59.2. The molecule has 1 fully saturated rings. The van der Waals surface area contributed by atoms with Gasteiger partial charge in [-0.1, -0.05) is 0 Å². The van der Waals surface area contributed by atoms with Gasteiger partial charge in [-0.05, 0) is 0 Å². The van der Waals surface area contributed by atoms with Gasteiger partial charge in [-0.2, -0.15) is 0 Å².